The van der Waals surface area contributed by atoms with E-state index in [0.717, 1.165) is 23.4 Å². The molecule has 0 aliphatic rings. The Labute approximate surface area is 178 Å². The molecule has 0 saturated carbocycles. The van der Waals surface area contributed by atoms with Crippen LogP contribution in [0.4, 0.5) is 5.69 Å². The summed E-state index contributed by atoms with van der Waals surface area (Å²) in [4.78, 5) is 34.7. The number of nitrogens with one attached hydrogen (secondary N) is 1. The van der Waals surface area contributed by atoms with Crippen molar-refractivity contribution < 1.29 is 27.7 Å². The van der Waals surface area contributed by atoms with Crippen LogP contribution in [0.2, 0.25) is 0 Å². The number of carbonyl (C=O) groups is 2. The molecule has 30 heavy (non-hydrogen) atoms. The minimum atomic E-state index is -4.20. The first-order chi connectivity index (χ1) is 14.0. The van der Waals surface area contributed by atoms with Crippen LogP contribution < -0.4 is 4.72 Å². The SMILES string of the molecule is CSc1ccc(S(=O)(=O)NCC(=O)O[C@@H](C)C(=O)c2ccc(C)cc2)cc1[N+](=O)[O-]. The van der Waals surface area contributed by atoms with E-state index in [1.165, 1.54) is 19.1 Å². The van der Waals surface area contributed by atoms with E-state index in [0.29, 0.717) is 10.5 Å². The van der Waals surface area contributed by atoms with Crippen molar-refractivity contribution in [1.29, 1.82) is 0 Å². The summed E-state index contributed by atoms with van der Waals surface area (Å²) in [6.45, 7) is 2.53. The number of thioether (sulfide) groups is 1. The summed E-state index contributed by atoms with van der Waals surface area (Å²) in [6, 6.07) is 10.2. The summed E-state index contributed by atoms with van der Waals surface area (Å²) >= 11 is 1.11. The van der Waals surface area contributed by atoms with E-state index >= 15 is 0 Å². The lowest BCUT2D eigenvalue weighted by molar-refractivity contribution is -0.387. The van der Waals surface area contributed by atoms with Crippen molar-refractivity contribution in [2.45, 2.75) is 29.7 Å². The van der Waals surface area contributed by atoms with Crippen LogP contribution in [-0.4, -0.2) is 44.0 Å². The smallest absolute Gasteiger partial charge is 0.321 e. The van der Waals surface area contributed by atoms with Gasteiger partial charge in [0.15, 0.2) is 6.10 Å². The molecular weight excluding hydrogens is 432 g/mol. The number of Topliss-reactive ketones (excluding diaryl/α,β-unsaturated/α-hetero) is 1. The zero-order chi connectivity index (χ0) is 22.5. The van der Waals surface area contributed by atoms with Crippen LogP contribution in [0.1, 0.15) is 22.8 Å². The molecule has 0 saturated heterocycles. The second-order valence-corrected chi connectivity index (χ2v) is 8.89. The van der Waals surface area contributed by atoms with E-state index in [1.807, 2.05) is 11.6 Å². The minimum absolute atomic E-state index is 0.307. The Morgan fingerprint density at radius 2 is 1.83 bits per heavy atom. The van der Waals surface area contributed by atoms with E-state index in [2.05, 4.69) is 0 Å². The predicted molar refractivity (Wildman–Crippen MR) is 111 cm³/mol. The Hall–Kier alpha value is -2.76. The first-order valence-corrected chi connectivity index (χ1v) is 11.4. The monoisotopic (exact) mass is 452 g/mol. The van der Waals surface area contributed by atoms with E-state index < -0.39 is 39.3 Å². The highest BCUT2D eigenvalue weighted by molar-refractivity contribution is 7.98. The maximum atomic E-state index is 12.4. The van der Waals surface area contributed by atoms with Gasteiger partial charge in [0.25, 0.3) is 5.69 Å². The number of nitrogens with zero attached hydrogens (tertiary/aromatic N) is 1. The Bertz CT molecular complexity index is 1070. The highest BCUT2D eigenvalue weighted by Gasteiger charge is 2.24. The summed E-state index contributed by atoms with van der Waals surface area (Å²) in [6.07, 6.45) is 0.524. The first kappa shape index (κ1) is 23.5. The van der Waals surface area contributed by atoms with Gasteiger partial charge in [-0.15, -0.1) is 11.8 Å². The summed E-state index contributed by atoms with van der Waals surface area (Å²) in [5, 5.41) is 11.1. The van der Waals surface area contributed by atoms with Gasteiger partial charge >= 0.3 is 5.97 Å². The Morgan fingerprint density at radius 1 is 1.20 bits per heavy atom. The van der Waals surface area contributed by atoms with Gasteiger partial charge in [0, 0.05) is 11.6 Å². The Morgan fingerprint density at radius 3 is 2.40 bits per heavy atom. The second kappa shape index (κ2) is 9.83. The standard InChI is InChI=1S/C19H20N2O7S2/c1-12-4-6-14(7-5-12)19(23)13(2)28-18(22)11-20-30(26,27)15-8-9-17(29-3)16(10-15)21(24)25/h4-10,13,20H,11H2,1-3H3/t13-/m0/s1. The molecule has 11 heteroatoms. The summed E-state index contributed by atoms with van der Waals surface area (Å²) in [5.41, 5.74) is 0.976. The van der Waals surface area contributed by atoms with Crippen LogP contribution in [0.3, 0.4) is 0 Å². The highest BCUT2D eigenvalue weighted by atomic mass is 32.2. The molecule has 0 aromatic heterocycles. The van der Waals surface area contributed by atoms with Gasteiger partial charge < -0.3 is 4.74 Å². The van der Waals surface area contributed by atoms with Gasteiger partial charge in [0.05, 0.1) is 14.7 Å². The number of hydrogen-bond acceptors (Lipinski definition) is 8. The van der Waals surface area contributed by atoms with Crippen LogP contribution >= 0.6 is 11.8 Å². The third-order valence-corrected chi connectivity index (χ3v) is 6.26. The van der Waals surface area contributed by atoms with Crippen LogP contribution in [0.25, 0.3) is 0 Å². The average molecular weight is 453 g/mol. The number of carbonyl (C=O) groups excluding carboxylic acids is 2. The van der Waals surface area contributed by atoms with Gasteiger partial charge in [-0.1, -0.05) is 29.8 Å². The van der Waals surface area contributed by atoms with Crippen LogP contribution in [0.5, 0.6) is 0 Å². The molecule has 0 bridgehead atoms. The molecule has 0 aliphatic carbocycles. The van der Waals surface area contributed by atoms with E-state index in [4.69, 9.17) is 4.74 Å². The zero-order valence-electron chi connectivity index (χ0n) is 16.4. The van der Waals surface area contributed by atoms with E-state index in [1.54, 1.807) is 30.5 Å². The molecule has 0 fully saturated rings. The number of nitro benzene ring substituents is 1. The topological polar surface area (TPSA) is 133 Å². The predicted octanol–water partition coefficient (Wildman–Crippen LogP) is 2.72. The van der Waals surface area contributed by atoms with Gasteiger partial charge in [0.1, 0.15) is 6.54 Å². The molecule has 1 N–H and O–H groups in total. The highest BCUT2D eigenvalue weighted by Crippen LogP contribution is 2.29. The number of hydrogen-bond donors (Lipinski definition) is 1. The van der Waals surface area contributed by atoms with Gasteiger partial charge in [0.2, 0.25) is 15.8 Å². The normalized spacial score (nSPS) is 12.2. The van der Waals surface area contributed by atoms with Crippen molar-refractivity contribution in [3.05, 3.63) is 63.7 Å². The maximum Gasteiger partial charge on any atom is 0.321 e. The quantitative estimate of drug-likeness (QED) is 0.202. The van der Waals surface area contributed by atoms with Crippen molar-refractivity contribution in [2.75, 3.05) is 12.8 Å². The number of ketones is 1. The molecule has 2 aromatic carbocycles. The van der Waals surface area contributed by atoms with Gasteiger partial charge in [-0.05, 0) is 32.2 Å². The number of nitro groups is 1. The lowest BCUT2D eigenvalue weighted by atomic mass is 10.1. The minimum Gasteiger partial charge on any atom is -0.453 e. The van der Waals surface area contributed by atoms with Gasteiger partial charge in [-0.3, -0.25) is 19.7 Å². The van der Waals surface area contributed by atoms with Crippen molar-refractivity contribution >= 4 is 39.2 Å². The molecule has 0 amide bonds. The lowest BCUT2D eigenvalue weighted by Gasteiger charge is -2.13. The first-order valence-electron chi connectivity index (χ1n) is 8.67. The van der Waals surface area contributed by atoms with E-state index in [-0.39, 0.29) is 10.6 Å². The molecule has 1 atom stereocenters. The number of ether oxygens (including phenoxy) is 1. The van der Waals surface area contributed by atoms with Crippen molar-refractivity contribution in [2.24, 2.45) is 0 Å². The second-order valence-electron chi connectivity index (χ2n) is 6.28. The molecule has 2 rings (SSSR count). The number of rotatable bonds is 9. The maximum absolute atomic E-state index is 12.4. The fourth-order valence-electron chi connectivity index (χ4n) is 2.46. The van der Waals surface area contributed by atoms with Crippen molar-refractivity contribution in [3.8, 4) is 0 Å². The average Bonchev–Trinajstić information content (AvgIpc) is 2.71. The summed E-state index contributed by atoms with van der Waals surface area (Å²) < 4.78 is 31.8. The van der Waals surface area contributed by atoms with Gasteiger partial charge in [-0.25, -0.2) is 8.42 Å². The molecule has 0 unspecified atom stereocenters. The zero-order valence-corrected chi connectivity index (χ0v) is 18.1. The van der Waals surface area contributed by atoms with Crippen LogP contribution in [-0.2, 0) is 19.6 Å². The third-order valence-electron chi connectivity index (χ3n) is 4.08. The molecule has 160 valence electrons. The van der Waals surface area contributed by atoms with E-state index in [9.17, 15) is 28.1 Å². The number of esters is 1. The third kappa shape index (κ3) is 5.88. The Balaban J connectivity index is 2.02. The fourth-order valence-corrected chi connectivity index (χ4v) is 4.00. The Kier molecular flexibility index (Phi) is 7.71. The van der Waals surface area contributed by atoms with Crippen LogP contribution in [0.15, 0.2) is 52.3 Å². The molecule has 9 nitrogen and oxygen atoms in total. The molecule has 0 heterocycles. The fraction of sp³-hybridized carbons (Fsp3) is 0.263. The van der Waals surface area contributed by atoms with Crippen molar-refractivity contribution in [1.82, 2.24) is 4.72 Å². The molecular formula is C19H20N2O7S2. The van der Waals surface area contributed by atoms with Crippen molar-refractivity contribution in [3.63, 3.8) is 0 Å². The molecule has 0 aliphatic heterocycles. The van der Waals surface area contributed by atoms with Crippen LogP contribution in [0, 0.1) is 17.0 Å². The summed E-state index contributed by atoms with van der Waals surface area (Å²) in [7, 11) is -4.20. The number of aryl methyl sites for hydroxylation is 1. The molecule has 0 radical (unpaired) electrons. The molecule has 2 aromatic rings. The largest absolute Gasteiger partial charge is 0.453 e. The number of benzene rings is 2. The lowest BCUT2D eigenvalue weighted by Crippen LogP contribution is -2.34. The summed E-state index contributed by atoms with van der Waals surface area (Å²) in [5.74, 6) is -1.38. The molecule has 0 spiro atoms. The van der Waals surface area contributed by atoms with Gasteiger partial charge in [-0.2, -0.15) is 4.72 Å². The number of sulfonamides is 1.